The highest BCUT2D eigenvalue weighted by Crippen LogP contribution is 2.50. The largest absolute Gasteiger partial charge is 0.441 e. The van der Waals surface area contributed by atoms with E-state index in [0.717, 1.165) is 39.2 Å². The number of benzene rings is 2. The van der Waals surface area contributed by atoms with Crippen molar-refractivity contribution >= 4 is 40.5 Å². The van der Waals surface area contributed by atoms with Gasteiger partial charge < -0.3 is 14.5 Å². The van der Waals surface area contributed by atoms with Crippen LogP contribution in [-0.4, -0.2) is 39.1 Å². The minimum absolute atomic E-state index is 0.267. The van der Waals surface area contributed by atoms with E-state index in [9.17, 15) is 4.79 Å². The molecule has 2 heterocycles. The van der Waals surface area contributed by atoms with Crippen molar-refractivity contribution in [3.05, 3.63) is 88.2 Å². The van der Waals surface area contributed by atoms with Crippen molar-refractivity contribution in [1.82, 2.24) is 4.98 Å². The van der Waals surface area contributed by atoms with E-state index in [1.807, 2.05) is 80.5 Å². The second kappa shape index (κ2) is 8.64. The Bertz CT molecular complexity index is 1120. The van der Waals surface area contributed by atoms with Crippen molar-refractivity contribution in [3.8, 4) is 0 Å². The molecule has 1 aromatic heterocycles. The molecule has 0 spiro atoms. The maximum atomic E-state index is 13.0. The summed E-state index contributed by atoms with van der Waals surface area (Å²) in [5.41, 5.74) is 5.45. The highest BCUT2D eigenvalue weighted by Gasteiger charge is 2.50. The van der Waals surface area contributed by atoms with Gasteiger partial charge in [0.15, 0.2) is 5.60 Å². The maximum Gasteiger partial charge on any atom is 0.341 e. The van der Waals surface area contributed by atoms with Gasteiger partial charge in [-0.2, -0.15) is 0 Å². The maximum absolute atomic E-state index is 13.0. The average Bonchev–Trinajstić information content (AvgIpc) is 3.11. The van der Waals surface area contributed by atoms with Crippen molar-refractivity contribution in [3.63, 3.8) is 0 Å². The quantitative estimate of drug-likeness (QED) is 0.368. The zero-order valence-corrected chi connectivity index (χ0v) is 20.0. The van der Waals surface area contributed by atoms with Gasteiger partial charge in [-0.05, 0) is 41.5 Å². The van der Waals surface area contributed by atoms with Crippen LogP contribution in [0.1, 0.15) is 38.2 Å². The molecule has 4 rings (SSSR count). The summed E-state index contributed by atoms with van der Waals surface area (Å²) in [4.78, 5) is 21.2. The first-order valence-corrected chi connectivity index (χ1v) is 11.3. The van der Waals surface area contributed by atoms with Crippen LogP contribution in [0.15, 0.2) is 54.9 Å². The van der Waals surface area contributed by atoms with E-state index in [1.165, 1.54) is 0 Å². The van der Waals surface area contributed by atoms with Gasteiger partial charge in [0.25, 0.3) is 0 Å². The Hall–Kier alpha value is -2.76. The second-order valence-electron chi connectivity index (χ2n) is 8.23. The fourth-order valence-corrected chi connectivity index (χ4v) is 4.73. The van der Waals surface area contributed by atoms with E-state index >= 15 is 0 Å². The average molecular weight is 470 g/mol. The summed E-state index contributed by atoms with van der Waals surface area (Å²) >= 11 is 12.9. The summed E-state index contributed by atoms with van der Waals surface area (Å²) in [5, 5.41) is 0. The number of pyridine rings is 1. The molecule has 0 amide bonds. The number of anilines is 2. The third-order valence-electron chi connectivity index (χ3n) is 5.92. The predicted molar refractivity (Wildman–Crippen MR) is 130 cm³/mol. The molecule has 166 valence electrons. The van der Waals surface area contributed by atoms with Gasteiger partial charge in [-0.15, -0.1) is 23.2 Å². The van der Waals surface area contributed by atoms with Gasteiger partial charge >= 0.3 is 5.97 Å². The van der Waals surface area contributed by atoms with E-state index in [-0.39, 0.29) is 11.8 Å². The summed E-state index contributed by atoms with van der Waals surface area (Å²) in [6.07, 6.45) is 3.24. The van der Waals surface area contributed by atoms with Gasteiger partial charge in [-0.1, -0.05) is 12.1 Å². The fourth-order valence-electron chi connectivity index (χ4n) is 4.28. The Kier molecular flexibility index (Phi) is 6.06. The molecule has 1 aliphatic heterocycles. The molecule has 2 aromatic carbocycles. The minimum atomic E-state index is -1.17. The topological polar surface area (TPSA) is 45.7 Å². The molecule has 5 nitrogen and oxygen atoms in total. The molecule has 0 aliphatic carbocycles. The number of halogens is 2. The molecular formula is C25H25Cl2N3O2. The third-order valence-corrected chi connectivity index (χ3v) is 6.50. The first-order valence-electron chi connectivity index (χ1n) is 10.2. The van der Waals surface area contributed by atoms with Crippen molar-refractivity contribution in [2.75, 3.05) is 38.0 Å². The fraction of sp³-hybridized carbons (Fsp3) is 0.280. The number of fused-ring (bicyclic) bond motifs is 1. The summed E-state index contributed by atoms with van der Waals surface area (Å²) in [5.74, 6) is 0.119. The molecule has 0 saturated heterocycles. The minimum Gasteiger partial charge on any atom is -0.441 e. The lowest BCUT2D eigenvalue weighted by atomic mass is 9.76. The van der Waals surface area contributed by atoms with Crippen LogP contribution >= 0.6 is 23.2 Å². The van der Waals surface area contributed by atoms with Gasteiger partial charge in [0.1, 0.15) is 0 Å². The lowest BCUT2D eigenvalue weighted by molar-refractivity contribution is 0.0248. The van der Waals surface area contributed by atoms with Crippen molar-refractivity contribution in [1.29, 1.82) is 0 Å². The van der Waals surface area contributed by atoms with Crippen LogP contribution in [-0.2, 0) is 22.1 Å². The Labute approximate surface area is 198 Å². The van der Waals surface area contributed by atoms with Crippen LogP contribution in [0, 0.1) is 0 Å². The Balaban J connectivity index is 2.08. The van der Waals surface area contributed by atoms with E-state index < -0.39 is 11.6 Å². The number of rotatable bonds is 6. The Morgan fingerprint density at radius 3 is 1.84 bits per heavy atom. The molecule has 32 heavy (non-hydrogen) atoms. The molecular weight excluding hydrogens is 445 g/mol. The normalized spacial score (nSPS) is 14.1. The summed E-state index contributed by atoms with van der Waals surface area (Å²) in [6, 6.07) is 13.9. The molecule has 3 aromatic rings. The predicted octanol–water partition coefficient (Wildman–Crippen LogP) is 5.15. The zero-order valence-electron chi connectivity index (χ0n) is 18.5. The standard InChI is InChI=1S/C25H25Cl2N3O2/c1-29(2)18-5-7-21(16(11-18)13-26)25(23-9-10-28-15-20(23)24(31)32-25)22-8-6-19(30(3)4)12-17(22)14-27/h5-12,15H,13-14H2,1-4H3. The monoisotopic (exact) mass is 469 g/mol. The smallest absolute Gasteiger partial charge is 0.341 e. The van der Waals surface area contributed by atoms with Crippen LogP contribution in [0.2, 0.25) is 0 Å². The van der Waals surface area contributed by atoms with Crippen LogP contribution in [0.25, 0.3) is 0 Å². The highest BCUT2D eigenvalue weighted by molar-refractivity contribution is 6.17. The third kappa shape index (κ3) is 3.50. The van der Waals surface area contributed by atoms with Crippen LogP contribution in [0.4, 0.5) is 11.4 Å². The van der Waals surface area contributed by atoms with Crippen LogP contribution < -0.4 is 9.80 Å². The van der Waals surface area contributed by atoms with Crippen molar-refractivity contribution < 1.29 is 9.53 Å². The lowest BCUT2D eigenvalue weighted by Gasteiger charge is -2.34. The van der Waals surface area contributed by atoms with E-state index in [2.05, 4.69) is 4.98 Å². The number of ether oxygens (including phenoxy) is 1. The number of hydrogen-bond acceptors (Lipinski definition) is 5. The van der Waals surface area contributed by atoms with Gasteiger partial charge in [-0.3, -0.25) is 4.98 Å². The number of cyclic esters (lactones) is 1. The Morgan fingerprint density at radius 1 is 0.844 bits per heavy atom. The van der Waals surface area contributed by atoms with Gasteiger partial charge in [0.2, 0.25) is 0 Å². The summed E-state index contributed by atoms with van der Waals surface area (Å²) in [6.45, 7) is 0. The first kappa shape index (κ1) is 22.4. The second-order valence-corrected chi connectivity index (χ2v) is 8.77. The number of aromatic nitrogens is 1. The lowest BCUT2D eigenvalue weighted by Crippen LogP contribution is -2.32. The van der Waals surface area contributed by atoms with Crippen molar-refractivity contribution in [2.24, 2.45) is 0 Å². The number of alkyl halides is 2. The molecule has 0 radical (unpaired) electrons. The zero-order chi connectivity index (χ0) is 23.0. The van der Waals surface area contributed by atoms with Crippen molar-refractivity contribution in [2.45, 2.75) is 17.4 Å². The molecule has 1 aliphatic rings. The summed E-state index contributed by atoms with van der Waals surface area (Å²) < 4.78 is 6.25. The van der Waals surface area contributed by atoms with E-state index in [1.54, 1.807) is 12.4 Å². The molecule has 0 bridgehead atoms. The first-order chi connectivity index (χ1) is 15.3. The number of esters is 1. The van der Waals surface area contributed by atoms with E-state index in [4.69, 9.17) is 27.9 Å². The number of carbonyl (C=O) groups is 1. The van der Waals surface area contributed by atoms with Gasteiger partial charge in [0, 0.05) is 80.4 Å². The number of nitrogens with zero attached hydrogens (tertiary/aromatic N) is 3. The summed E-state index contributed by atoms with van der Waals surface area (Å²) in [7, 11) is 7.91. The molecule has 0 N–H and O–H groups in total. The molecule has 7 heteroatoms. The van der Waals surface area contributed by atoms with Gasteiger partial charge in [-0.25, -0.2) is 4.79 Å². The number of carbonyl (C=O) groups excluding carboxylic acids is 1. The molecule has 0 fully saturated rings. The van der Waals surface area contributed by atoms with E-state index in [0.29, 0.717) is 5.56 Å². The molecule has 0 atom stereocenters. The molecule has 0 unspecified atom stereocenters. The highest BCUT2D eigenvalue weighted by atomic mass is 35.5. The SMILES string of the molecule is CN(C)c1ccc(C2(c3ccc(N(C)C)cc3CCl)OC(=O)c3cnccc32)c(CCl)c1. The Morgan fingerprint density at radius 2 is 1.38 bits per heavy atom. The van der Waals surface area contributed by atoms with Crippen LogP contribution in [0.5, 0.6) is 0 Å². The van der Waals surface area contributed by atoms with Gasteiger partial charge in [0.05, 0.1) is 5.56 Å². The van der Waals surface area contributed by atoms with Crippen LogP contribution in [0.3, 0.4) is 0 Å². The number of hydrogen-bond donors (Lipinski definition) is 0. The molecule has 0 saturated carbocycles.